The first kappa shape index (κ1) is 19.8. The van der Waals surface area contributed by atoms with Crippen molar-refractivity contribution >= 4 is 21.4 Å². The highest BCUT2D eigenvalue weighted by Gasteiger charge is 2.47. The van der Waals surface area contributed by atoms with Crippen LogP contribution in [0.15, 0.2) is 41.3 Å². The molecule has 0 saturated carbocycles. The summed E-state index contributed by atoms with van der Waals surface area (Å²) in [5.74, 6) is -0.573. The predicted molar refractivity (Wildman–Crippen MR) is 90.1 cm³/mol. The number of anilines is 1. The number of sulfone groups is 1. The molecule has 1 amide bonds. The number of aryl methyl sites for hydroxylation is 2. The Hall–Kier alpha value is -2.55. The van der Waals surface area contributed by atoms with E-state index in [0.717, 1.165) is 29.3 Å². The zero-order valence-corrected chi connectivity index (χ0v) is 15.0. The van der Waals surface area contributed by atoms with E-state index in [-0.39, 0.29) is 17.0 Å². The van der Waals surface area contributed by atoms with Gasteiger partial charge in [0, 0.05) is 5.56 Å². The van der Waals surface area contributed by atoms with Gasteiger partial charge in [-0.2, -0.15) is 13.2 Å². The Labute approximate surface area is 148 Å². The highest BCUT2D eigenvalue weighted by atomic mass is 32.2. The second kappa shape index (κ2) is 6.99. The fraction of sp³-hybridized carbons (Fsp3) is 0.235. The van der Waals surface area contributed by atoms with E-state index in [2.05, 4.69) is 5.32 Å². The molecule has 0 atom stereocenters. The van der Waals surface area contributed by atoms with Crippen molar-refractivity contribution in [1.29, 1.82) is 0 Å². The van der Waals surface area contributed by atoms with E-state index in [1.807, 2.05) is 13.8 Å². The van der Waals surface area contributed by atoms with Gasteiger partial charge in [0.2, 0.25) is 0 Å². The molecule has 0 aliphatic carbocycles. The lowest BCUT2D eigenvalue weighted by molar-refractivity contribution is -0.0436. The number of amides is 1. The van der Waals surface area contributed by atoms with Crippen LogP contribution in [0.3, 0.4) is 0 Å². The molecule has 0 saturated heterocycles. The average molecular weight is 387 g/mol. The first-order valence-electron chi connectivity index (χ1n) is 7.35. The quantitative estimate of drug-likeness (QED) is 0.865. The maximum atomic E-state index is 12.7. The first-order chi connectivity index (χ1) is 12.0. The molecule has 1 N–H and O–H groups in total. The van der Waals surface area contributed by atoms with Crippen LogP contribution in [0.1, 0.15) is 21.5 Å². The molecule has 0 aliphatic heterocycles. The average Bonchev–Trinajstić information content (AvgIpc) is 2.56. The van der Waals surface area contributed by atoms with E-state index >= 15 is 0 Å². The number of carbonyl (C=O) groups is 1. The molecule has 0 fully saturated rings. The number of carbonyl (C=O) groups excluding carboxylic acids is 1. The van der Waals surface area contributed by atoms with E-state index in [1.165, 1.54) is 7.11 Å². The summed E-state index contributed by atoms with van der Waals surface area (Å²) in [5, 5.41) is 2.39. The summed E-state index contributed by atoms with van der Waals surface area (Å²) in [6.45, 7) is 3.68. The van der Waals surface area contributed by atoms with Crippen molar-refractivity contribution < 1.29 is 31.1 Å². The standard InChI is InChI=1S/C17H16F3NO4S/c1-10-4-5-12(8-11(10)2)16(22)21-14-9-13(6-7-15(14)25-3)26(23,24)17(18,19)20/h4-9H,1-3H3,(H,21,22). The fourth-order valence-corrected chi connectivity index (χ4v) is 2.95. The summed E-state index contributed by atoms with van der Waals surface area (Å²) in [6.07, 6.45) is 0. The van der Waals surface area contributed by atoms with Gasteiger partial charge in [0.1, 0.15) is 5.75 Å². The number of benzene rings is 2. The van der Waals surface area contributed by atoms with Gasteiger partial charge in [-0.3, -0.25) is 4.79 Å². The lowest BCUT2D eigenvalue weighted by Crippen LogP contribution is -2.23. The topological polar surface area (TPSA) is 72.5 Å². The largest absolute Gasteiger partial charge is 0.501 e. The molecule has 5 nitrogen and oxygen atoms in total. The Kier molecular flexibility index (Phi) is 5.31. The third-order valence-corrected chi connectivity index (χ3v) is 5.29. The molecular formula is C17H16F3NO4S. The summed E-state index contributed by atoms with van der Waals surface area (Å²) in [4.78, 5) is 11.4. The molecule has 2 rings (SSSR count). The number of hydrogen-bond donors (Lipinski definition) is 1. The van der Waals surface area contributed by atoms with Crippen LogP contribution in [0.25, 0.3) is 0 Å². The maximum absolute atomic E-state index is 12.7. The second-order valence-electron chi connectivity index (χ2n) is 5.56. The van der Waals surface area contributed by atoms with Gasteiger partial charge in [0.05, 0.1) is 17.7 Å². The molecule has 0 aliphatic rings. The van der Waals surface area contributed by atoms with Gasteiger partial charge in [-0.15, -0.1) is 0 Å². The number of hydrogen-bond acceptors (Lipinski definition) is 4. The first-order valence-corrected chi connectivity index (χ1v) is 8.83. The minimum Gasteiger partial charge on any atom is -0.495 e. The smallest absolute Gasteiger partial charge is 0.495 e. The Morgan fingerprint density at radius 2 is 1.69 bits per heavy atom. The molecule has 0 spiro atoms. The monoisotopic (exact) mass is 387 g/mol. The zero-order valence-electron chi connectivity index (χ0n) is 14.1. The van der Waals surface area contributed by atoms with Gasteiger partial charge < -0.3 is 10.1 Å². The van der Waals surface area contributed by atoms with Gasteiger partial charge in [-0.25, -0.2) is 8.42 Å². The van der Waals surface area contributed by atoms with Crippen LogP contribution in [0.5, 0.6) is 5.75 Å². The SMILES string of the molecule is COc1ccc(S(=O)(=O)C(F)(F)F)cc1NC(=O)c1ccc(C)c(C)c1. The fourth-order valence-electron chi connectivity index (χ4n) is 2.16. The number of methoxy groups -OCH3 is 1. The van der Waals surface area contributed by atoms with Crippen LogP contribution in [-0.4, -0.2) is 26.9 Å². The van der Waals surface area contributed by atoms with E-state index in [9.17, 15) is 26.4 Å². The third kappa shape index (κ3) is 3.82. The van der Waals surface area contributed by atoms with E-state index < -0.39 is 26.1 Å². The lowest BCUT2D eigenvalue weighted by atomic mass is 10.1. The van der Waals surface area contributed by atoms with E-state index in [1.54, 1.807) is 18.2 Å². The molecule has 26 heavy (non-hydrogen) atoms. The molecule has 0 radical (unpaired) electrons. The molecular weight excluding hydrogens is 371 g/mol. The minimum atomic E-state index is -5.54. The van der Waals surface area contributed by atoms with Gasteiger partial charge >= 0.3 is 5.51 Å². The van der Waals surface area contributed by atoms with Crippen LogP contribution in [0, 0.1) is 13.8 Å². The number of nitrogens with one attached hydrogen (secondary N) is 1. The molecule has 9 heteroatoms. The van der Waals surface area contributed by atoms with E-state index in [0.29, 0.717) is 0 Å². The van der Waals surface area contributed by atoms with Gasteiger partial charge in [-0.05, 0) is 55.3 Å². The molecule has 0 heterocycles. The van der Waals surface area contributed by atoms with E-state index in [4.69, 9.17) is 4.74 Å². The Morgan fingerprint density at radius 3 is 2.23 bits per heavy atom. The number of rotatable bonds is 4. The normalized spacial score (nSPS) is 11.9. The number of alkyl halides is 3. The maximum Gasteiger partial charge on any atom is 0.501 e. The minimum absolute atomic E-state index is 0.0308. The second-order valence-corrected chi connectivity index (χ2v) is 7.51. The Balaban J connectivity index is 2.43. The van der Waals surface area contributed by atoms with Crippen molar-refractivity contribution in [2.45, 2.75) is 24.3 Å². The highest BCUT2D eigenvalue weighted by Crippen LogP contribution is 2.34. The van der Waals surface area contributed by atoms with Crippen molar-refractivity contribution in [3.63, 3.8) is 0 Å². The lowest BCUT2D eigenvalue weighted by Gasteiger charge is -2.14. The third-order valence-electron chi connectivity index (χ3n) is 3.80. The van der Waals surface area contributed by atoms with Crippen LogP contribution in [0.4, 0.5) is 18.9 Å². The molecule has 0 aromatic heterocycles. The zero-order chi connectivity index (χ0) is 19.7. The summed E-state index contributed by atoms with van der Waals surface area (Å²) < 4.78 is 66.3. The number of ether oxygens (including phenoxy) is 1. The Bertz CT molecular complexity index is 953. The molecule has 2 aromatic rings. The van der Waals surface area contributed by atoms with Gasteiger partial charge in [0.15, 0.2) is 0 Å². The van der Waals surface area contributed by atoms with Crippen molar-refractivity contribution in [2.75, 3.05) is 12.4 Å². The molecule has 0 unspecified atom stereocenters. The summed E-state index contributed by atoms with van der Waals surface area (Å²) in [5.41, 5.74) is -3.52. The van der Waals surface area contributed by atoms with Crippen LogP contribution < -0.4 is 10.1 Å². The molecule has 0 bridgehead atoms. The summed E-state index contributed by atoms with van der Waals surface area (Å²) >= 11 is 0. The van der Waals surface area contributed by atoms with Crippen LogP contribution in [-0.2, 0) is 9.84 Å². The van der Waals surface area contributed by atoms with Gasteiger partial charge in [0.25, 0.3) is 15.7 Å². The number of halogens is 3. The van der Waals surface area contributed by atoms with Crippen LogP contribution >= 0.6 is 0 Å². The molecule has 140 valence electrons. The van der Waals surface area contributed by atoms with Crippen molar-refractivity contribution in [3.8, 4) is 5.75 Å². The molecule has 2 aromatic carbocycles. The summed E-state index contributed by atoms with van der Waals surface area (Å²) in [6, 6.07) is 7.45. The van der Waals surface area contributed by atoms with Crippen molar-refractivity contribution in [3.05, 3.63) is 53.1 Å². The Morgan fingerprint density at radius 1 is 1.04 bits per heavy atom. The van der Waals surface area contributed by atoms with Crippen molar-refractivity contribution in [1.82, 2.24) is 0 Å². The highest BCUT2D eigenvalue weighted by molar-refractivity contribution is 7.92. The van der Waals surface area contributed by atoms with Crippen molar-refractivity contribution in [2.24, 2.45) is 0 Å². The summed E-state index contributed by atoms with van der Waals surface area (Å²) in [7, 11) is -4.29. The van der Waals surface area contributed by atoms with Crippen LogP contribution in [0.2, 0.25) is 0 Å². The van der Waals surface area contributed by atoms with Gasteiger partial charge in [-0.1, -0.05) is 6.07 Å². The predicted octanol–water partition coefficient (Wildman–Crippen LogP) is 3.86.